The van der Waals surface area contributed by atoms with Crippen LogP contribution in [0.5, 0.6) is 5.75 Å². The molecule has 36 heavy (non-hydrogen) atoms. The Labute approximate surface area is 212 Å². The van der Waals surface area contributed by atoms with E-state index in [-0.39, 0.29) is 12.4 Å². The number of amides is 1. The van der Waals surface area contributed by atoms with Crippen LogP contribution in [0.4, 0.5) is 4.79 Å². The van der Waals surface area contributed by atoms with Crippen molar-refractivity contribution < 1.29 is 23.9 Å². The summed E-state index contributed by atoms with van der Waals surface area (Å²) in [6.07, 6.45) is 1.03. The smallest absolute Gasteiger partial charge is 0.411 e. The zero-order valence-corrected chi connectivity index (χ0v) is 21.7. The minimum atomic E-state index is -0.678. The first kappa shape index (κ1) is 25.7. The number of aliphatic hydroxyl groups excluding tert-OH is 1. The van der Waals surface area contributed by atoms with Crippen molar-refractivity contribution in [3.05, 3.63) is 65.0 Å². The number of aliphatic hydroxyl groups is 1. The third-order valence-electron chi connectivity index (χ3n) is 6.05. The van der Waals surface area contributed by atoms with Gasteiger partial charge < -0.3 is 19.1 Å². The zero-order chi connectivity index (χ0) is 25.9. The average Bonchev–Trinajstić information content (AvgIpc) is 3.44. The molecule has 0 bridgehead atoms. The van der Waals surface area contributed by atoms with Gasteiger partial charge in [-0.15, -0.1) is 0 Å². The predicted octanol–water partition coefficient (Wildman–Crippen LogP) is 5.41. The zero-order valence-electron chi connectivity index (χ0n) is 21.7. The first-order valence-electron chi connectivity index (χ1n) is 12.4. The Morgan fingerprint density at radius 2 is 1.92 bits per heavy atom. The van der Waals surface area contributed by atoms with Gasteiger partial charge in [0, 0.05) is 12.0 Å². The van der Waals surface area contributed by atoms with Crippen LogP contribution in [0.2, 0.25) is 0 Å². The van der Waals surface area contributed by atoms with Gasteiger partial charge in [-0.2, -0.15) is 4.98 Å². The predicted molar refractivity (Wildman–Crippen MR) is 136 cm³/mol. The van der Waals surface area contributed by atoms with Crippen LogP contribution in [0.15, 0.2) is 47.0 Å². The maximum atomic E-state index is 12.6. The van der Waals surface area contributed by atoms with Crippen molar-refractivity contribution in [3.8, 4) is 17.1 Å². The lowest BCUT2D eigenvalue weighted by molar-refractivity contribution is 0.0184. The Hall–Kier alpha value is -3.39. The standard InChI is InChI=1S/C28H35N3O5/c1-18-8-10-20(11-9-18)7-6-14-34-24-13-12-21(15-19(24)2)25-29-26(36-30-25)23-16-22(32)17-31(23)27(33)35-28(3,4)5/h8-13,15,22-23,32H,6-7,14,16-17H2,1-5H3/t22-,23+/m1/s1. The molecular weight excluding hydrogens is 458 g/mol. The van der Waals surface area contributed by atoms with Gasteiger partial charge in [-0.1, -0.05) is 35.0 Å². The van der Waals surface area contributed by atoms with Crippen LogP contribution < -0.4 is 4.74 Å². The van der Waals surface area contributed by atoms with Gasteiger partial charge in [0.25, 0.3) is 0 Å². The number of hydrogen-bond acceptors (Lipinski definition) is 7. The fourth-order valence-electron chi connectivity index (χ4n) is 4.22. The van der Waals surface area contributed by atoms with Crippen LogP contribution in [0.1, 0.15) is 62.2 Å². The lowest BCUT2D eigenvalue weighted by Crippen LogP contribution is -2.37. The second kappa shape index (κ2) is 10.7. The van der Waals surface area contributed by atoms with Crippen LogP contribution in [0.3, 0.4) is 0 Å². The summed E-state index contributed by atoms with van der Waals surface area (Å²) in [6, 6.07) is 13.8. The SMILES string of the molecule is Cc1ccc(CCCOc2ccc(-c3noc([C@@H]4C[C@@H](O)CN4C(=O)OC(C)(C)C)n3)cc2C)cc1. The van der Waals surface area contributed by atoms with Gasteiger partial charge in [0.1, 0.15) is 17.4 Å². The molecule has 2 heterocycles. The van der Waals surface area contributed by atoms with Gasteiger partial charge in [0.2, 0.25) is 11.7 Å². The molecule has 0 saturated carbocycles. The van der Waals surface area contributed by atoms with Gasteiger partial charge in [-0.05, 0) is 76.8 Å². The molecule has 2 aromatic carbocycles. The molecule has 192 valence electrons. The lowest BCUT2D eigenvalue weighted by Gasteiger charge is -2.26. The van der Waals surface area contributed by atoms with E-state index in [4.69, 9.17) is 14.0 Å². The third-order valence-corrected chi connectivity index (χ3v) is 6.05. The molecule has 0 radical (unpaired) electrons. The molecule has 0 spiro atoms. The summed E-state index contributed by atoms with van der Waals surface area (Å²) in [5.74, 6) is 1.52. The molecule has 0 unspecified atom stereocenters. The van der Waals surface area contributed by atoms with Crippen molar-refractivity contribution in [2.75, 3.05) is 13.2 Å². The van der Waals surface area contributed by atoms with Crippen LogP contribution in [-0.2, 0) is 11.2 Å². The summed E-state index contributed by atoms with van der Waals surface area (Å²) in [4.78, 5) is 18.6. The van der Waals surface area contributed by atoms with Crippen molar-refractivity contribution in [3.63, 3.8) is 0 Å². The molecular formula is C28H35N3O5. The second-order valence-corrected chi connectivity index (χ2v) is 10.4. The molecule has 1 aliphatic rings. The lowest BCUT2D eigenvalue weighted by atomic mass is 10.1. The van der Waals surface area contributed by atoms with E-state index < -0.39 is 23.8 Å². The summed E-state index contributed by atoms with van der Waals surface area (Å²) in [6.45, 7) is 10.3. The summed E-state index contributed by atoms with van der Waals surface area (Å²) < 4.78 is 17.0. The quantitative estimate of drug-likeness (QED) is 0.440. The van der Waals surface area contributed by atoms with Crippen LogP contribution >= 0.6 is 0 Å². The molecule has 1 fully saturated rings. The number of β-amino-alcohol motifs (C(OH)–C–C–N with tert-alkyl or cyclic N) is 1. The number of carbonyl (C=O) groups excluding carboxylic acids is 1. The van der Waals surface area contributed by atoms with Crippen molar-refractivity contribution in [1.82, 2.24) is 15.0 Å². The highest BCUT2D eigenvalue weighted by Crippen LogP contribution is 2.34. The third kappa shape index (κ3) is 6.43. The van der Waals surface area contributed by atoms with Gasteiger partial charge in [-0.3, -0.25) is 4.90 Å². The first-order valence-corrected chi connectivity index (χ1v) is 12.4. The summed E-state index contributed by atoms with van der Waals surface area (Å²) in [5, 5.41) is 14.3. The van der Waals surface area contributed by atoms with E-state index in [2.05, 4.69) is 41.3 Å². The van der Waals surface area contributed by atoms with E-state index in [9.17, 15) is 9.90 Å². The number of carbonyl (C=O) groups is 1. The number of nitrogens with zero attached hydrogens (tertiary/aromatic N) is 3. The number of likely N-dealkylation sites (tertiary alicyclic amines) is 1. The van der Waals surface area contributed by atoms with Crippen molar-refractivity contribution in [2.24, 2.45) is 0 Å². The molecule has 4 rings (SSSR count). The number of aromatic nitrogens is 2. The normalized spacial score (nSPS) is 17.9. The Bertz CT molecular complexity index is 1180. The monoisotopic (exact) mass is 493 g/mol. The topological polar surface area (TPSA) is 97.9 Å². The second-order valence-electron chi connectivity index (χ2n) is 10.4. The Morgan fingerprint density at radius 3 is 2.61 bits per heavy atom. The molecule has 1 saturated heterocycles. The molecule has 1 N–H and O–H groups in total. The number of benzene rings is 2. The highest BCUT2D eigenvalue weighted by atomic mass is 16.6. The molecule has 3 aromatic rings. The summed E-state index contributed by atoms with van der Waals surface area (Å²) in [7, 11) is 0. The maximum absolute atomic E-state index is 12.6. The molecule has 8 nitrogen and oxygen atoms in total. The maximum Gasteiger partial charge on any atom is 0.411 e. The Balaban J connectivity index is 1.38. The Kier molecular flexibility index (Phi) is 7.64. The van der Waals surface area contributed by atoms with E-state index in [1.165, 1.54) is 16.0 Å². The number of aryl methyl sites for hydroxylation is 3. The van der Waals surface area contributed by atoms with E-state index in [1.54, 1.807) is 20.8 Å². The Morgan fingerprint density at radius 1 is 1.17 bits per heavy atom. The highest BCUT2D eigenvalue weighted by molar-refractivity contribution is 5.69. The average molecular weight is 494 g/mol. The molecule has 0 aliphatic carbocycles. The van der Waals surface area contributed by atoms with E-state index >= 15 is 0 Å². The molecule has 8 heteroatoms. The van der Waals surface area contributed by atoms with Crippen LogP contribution in [-0.4, -0.2) is 51.1 Å². The number of rotatable bonds is 7. The van der Waals surface area contributed by atoms with Gasteiger partial charge >= 0.3 is 6.09 Å². The number of hydrogen-bond donors (Lipinski definition) is 1. The van der Waals surface area contributed by atoms with Crippen LogP contribution in [0, 0.1) is 13.8 Å². The van der Waals surface area contributed by atoms with Crippen LogP contribution in [0.25, 0.3) is 11.4 Å². The highest BCUT2D eigenvalue weighted by Gasteiger charge is 2.40. The molecule has 2 atom stereocenters. The first-order chi connectivity index (χ1) is 17.1. The molecule has 1 aromatic heterocycles. The summed E-state index contributed by atoms with van der Waals surface area (Å²) >= 11 is 0. The van der Waals surface area contributed by atoms with Gasteiger partial charge in [0.05, 0.1) is 19.3 Å². The fraction of sp³-hybridized carbons (Fsp3) is 0.464. The van der Waals surface area contributed by atoms with E-state index in [0.717, 1.165) is 29.7 Å². The largest absolute Gasteiger partial charge is 0.493 e. The van der Waals surface area contributed by atoms with Crippen molar-refractivity contribution >= 4 is 6.09 Å². The number of ether oxygens (including phenoxy) is 2. The van der Waals surface area contributed by atoms with Crippen molar-refractivity contribution in [1.29, 1.82) is 0 Å². The molecule has 1 aliphatic heterocycles. The molecule has 1 amide bonds. The van der Waals surface area contributed by atoms with Gasteiger partial charge in [-0.25, -0.2) is 4.79 Å². The van der Waals surface area contributed by atoms with Gasteiger partial charge in [0.15, 0.2) is 0 Å². The minimum Gasteiger partial charge on any atom is -0.493 e. The minimum absolute atomic E-state index is 0.159. The van der Waals surface area contributed by atoms with E-state index in [0.29, 0.717) is 18.9 Å². The fourth-order valence-corrected chi connectivity index (χ4v) is 4.22. The van der Waals surface area contributed by atoms with Crippen molar-refractivity contribution in [2.45, 2.75) is 71.6 Å². The summed E-state index contributed by atoms with van der Waals surface area (Å²) in [5.41, 5.74) is 3.69. The van der Waals surface area contributed by atoms with E-state index in [1.807, 2.05) is 25.1 Å².